The maximum Gasteiger partial charge on any atom is 0.389 e. The van der Waals surface area contributed by atoms with Gasteiger partial charge in [-0.2, -0.15) is 18.3 Å². The lowest BCUT2D eigenvalue weighted by Gasteiger charge is -2.20. The summed E-state index contributed by atoms with van der Waals surface area (Å²) in [6, 6.07) is 3.56. The first-order valence-corrected chi connectivity index (χ1v) is 10.9. The highest BCUT2D eigenvalue weighted by Gasteiger charge is 2.28. The Labute approximate surface area is 180 Å². The average molecular weight is 459 g/mol. The second kappa shape index (κ2) is 11.0. The molecule has 0 fully saturated rings. The van der Waals surface area contributed by atoms with Crippen LogP contribution in [-0.4, -0.2) is 61.9 Å². The molecule has 0 saturated carbocycles. The van der Waals surface area contributed by atoms with Crippen molar-refractivity contribution >= 4 is 28.1 Å². The molecule has 0 aliphatic heterocycles. The molecule has 2 heterocycles. The molecule has 0 aromatic carbocycles. The minimum Gasteiger partial charge on any atom is -0.399 e. The maximum atomic E-state index is 13.1. The van der Waals surface area contributed by atoms with Gasteiger partial charge in [0.1, 0.15) is 7.11 Å². The number of pyridine rings is 1. The van der Waals surface area contributed by atoms with Crippen LogP contribution in [-0.2, 0) is 20.4 Å². The standard InChI is InChI=1S/C19H24F3N5O3S/c1-4-26(17-12-27(24-14(17)2)15-7-5-9-23-11-15)18(28)16(25-30-3)13-31(29)10-6-8-19(20,21)22/h5,7,9,11-12H,4,6,8,10,13H2,1-3H3/b25-16-. The molecule has 0 aliphatic carbocycles. The Balaban J connectivity index is 2.17. The van der Waals surface area contributed by atoms with Crippen LogP contribution in [0.2, 0.25) is 0 Å². The molecule has 0 aliphatic rings. The van der Waals surface area contributed by atoms with Crippen LogP contribution in [0.25, 0.3) is 5.69 Å². The number of anilines is 1. The van der Waals surface area contributed by atoms with Gasteiger partial charge in [-0.3, -0.25) is 14.0 Å². The Bertz CT molecular complexity index is 932. The van der Waals surface area contributed by atoms with E-state index in [9.17, 15) is 22.2 Å². The van der Waals surface area contributed by atoms with Crippen molar-refractivity contribution in [1.82, 2.24) is 14.8 Å². The van der Waals surface area contributed by atoms with Crippen LogP contribution >= 0.6 is 0 Å². The smallest absolute Gasteiger partial charge is 0.389 e. The van der Waals surface area contributed by atoms with Gasteiger partial charge < -0.3 is 9.74 Å². The summed E-state index contributed by atoms with van der Waals surface area (Å²) in [5.41, 5.74) is 1.66. The fourth-order valence-electron chi connectivity index (χ4n) is 2.81. The zero-order valence-electron chi connectivity index (χ0n) is 17.4. The largest absolute Gasteiger partial charge is 0.399 e. The van der Waals surface area contributed by atoms with Crippen LogP contribution in [0.1, 0.15) is 25.5 Å². The van der Waals surface area contributed by atoms with Gasteiger partial charge in [-0.1, -0.05) is 5.16 Å². The van der Waals surface area contributed by atoms with E-state index in [1.807, 2.05) is 6.07 Å². The molecule has 0 saturated heterocycles. The molecule has 0 spiro atoms. The van der Waals surface area contributed by atoms with E-state index in [0.717, 1.165) is 0 Å². The summed E-state index contributed by atoms with van der Waals surface area (Å²) in [4.78, 5) is 23.2. The van der Waals surface area contributed by atoms with Crippen LogP contribution in [0.5, 0.6) is 0 Å². The Morgan fingerprint density at radius 3 is 2.71 bits per heavy atom. The zero-order valence-corrected chi connectivity index (χ0v) is 18.2. The summed E-state index contributed by atoms with van der Waals surface area (Å²) in [6.07, 6.45) is -0.718. The van der Waals surface area contributed by atoms with E-state index >= 15 is 0 Å². The molecule has 0 radical (unpaired) electrons. The minimum absolute atomic E-state index is 0.136. The number of halogens is 3. The van der Waals surface area contributed by atoms with Crippen molar-refractivity contribution in [2.75, 3.05) is 30.1 Å². The second-order valence-corrected chi connectivity index (χ2v) is 8.11. The third-order valence-electron chi connectivity index (χ3n) is 4.21. The van der Waals surface area contributed by atoms with Gasteiger partial charge in [0, 0.05) is 35.7 Å². The van der Waals surface area contributed by atoms with Gasteiger partial charge in [-0.25, -0.2) is 4.68 Å². The predicted molar refractivity (Wildman–Crippen MR) is 112 cm³/mol. The summed E-state index contributed by atoms with van der Waals surface area (Å²) in [5.74, 6) is -1.06. The number of hydrogen-bond donors (Lipinski definition) is 0. The molecular formula is C19H24F3N5O3S. The number of aromatic nitrogens is 3. The van der Waals surface area contributed by atoms with Gasteiger partial charge in [0.05, 0.1) is 35.2 Å². The lowest BCUT2D eigenvalue weighted by atomic mass is 10.3. The van der Waals surface area contributed by atoms with Crippen molar-refractivity contribution in [1.29, 1.82) is 0 Å². The van der Waals surface area contributed by atoms with E-state index in [1.54, 1.807) is 43.2 Å². The van der Waals surface area contributed by atoms with Crippen LogP contribution in [0.15, 0.2) is 35.9 Å². The van der Waals surface area contributed by atoms with Gasteiger partial charge >= 0.3 is 6.18 Å². The van der Waals surface area contributed by atoms with E-state index in [1.165, 1.54) is 12.0 Å². The predicted octanol–water partition coefficient (Wildman–Crippen LogP) is 3.02. The summed E-state index contributed by atoms with van der Waals surface area (Å²) >= 11 is 0. The molecule has 31 heavy (non-hydrogen) atoms. The number of carbonyl (C=O) groups is 1. The molecule has 2 aromatic heterocycles. The SMILES string of the molecule is CCN(C(=O)/C(CS(=O)CCCC(F)(F)F)=N\OC)c1cn(-c2cccnc2)nc1C. The number of rotatable bonds is 10. The monoisotopic (exact) mass is 459 g/mol. The first-order valence-electron chi connectivity index (χ1n) is 9.46. The highest BCUT2D eigenvalue weighted by molar-refractivity contribution is 7.85. The van der Waals surface area contributed by atoms with Gasteiger partial charge in [0.2, 0.25) is 0 Å². The molecule has 0 bridgehead atoms. The average Bonchev–Trinajstić information content (AvgIpc) is 3.09. The van der Waals surface area contributed by atoms with Gasteiger partial charge in [0.15, 0.2) is 5.71 Å². The molecule has 1 unspecified atom stereocenters. The maximum absolute atomic E-state index is 13.1. The highest BCUT2D eigenvalue weighted by atomic mass is 32.2. The van der Waals surface area contributed by atoms with Crippen LogP contribution in [0.4, 0.5) is 18.9 Å². The fourth-order valence-corrected chi connectivity index (χ4v) is 3.90. The quantitative estimate of drug-likeness (QED) is 0.403. The summed E-state index contributed by atoms with van der Waals surface area (Å²) in [7, 11) is -0.461. The van der Waals surface area contributed by atoms with E-state index in [4.69, 9.17) is 4.84 Å². The third kappa shape index (κ3) is 7.16. The number of oxime groups is 1. The normalized spacial score (nSPS) is 13.2. The molecule has 2 aromatic rings. The van der Waals surface area contributed by atoms with Gasteiger partial charge in [-0.05, 0) is 32.4 Å². The Morgan fingerprint density at radius 1 is 1.39 bits per heavy atom. The Kier molecular flexibility index (Phi) is 8.72. The van der Waals surface area contributed by atoms with Crippen LogP contribution in [0.3, 0.4) is 0 Å². The minimum atomic E-state index is -4.31. The molecule has 1 atom stereocenters. The number of hydrogen-bond acceptors (Lipinski definition) is 6. The number of nitrogens with zero attached hydrogens (tertiary/aromatic N) is 5. The van der Waals surface area contributed by atoms with E-state index in [0.29, 0.717) is 17.1 Å². The lowest BCUT2D eigenvalue weighted by Crippen LogP contribution is -2.39. The molecule has 1 amide bonds. The molecule has 12 heteroatoms. The van der Waals surface area contributed by atoms with E-state index < -0.39 is 29.3 Å². The third-order valence-corrected chi connectivity index (χ3v) is 5.55. The number of carbonyl (C=O) groups excluding carboxylic acids is 1. The summed E-state index contributed by atoms with van der Waals surface area (Å²) in [5, 5.41) is 8.09. The van der Waals surface area contributed by atoms with Crippen LogP contribution < -0.4 is 4.90 Å². The molecule has 2 rings (SSSR count). The Hall–Kier alpha value is -2.76. The number of amides is 1. The molecule has 0 N–H and O–H groups in total. The van der Waals surface area contributed by atoms with Crippen molar-refractivity contribution in [3.8, 4) is 5.69 Å². The highest BCUT2D eigenvalue weighted by Crippen LogP contribution is 2.22. The van der Waals surface area contributed by atoms with E-state index in [2.05, 4.69) is 15.2 Å². The first-order chi connectivity index (χ1) is 14.7. The zero-order chi connectivity index (χ0) is 23.0. The first kappa shape index (κ1) is 24.5. The second-order valence-electron chi connectivity index (χ2n) is 6.53. The number of alkyl halides is 3. The molecule has 8 nitrogen and oxygen atoms in total. The fraction of sp³-hybridized carbons (Fsp3) is 0.474. The topological polar surface area (TPSA) is 89.7 Å². The summed E-state index contributed by atoms with van der Waals surface area (Å²) < 4.78 is 50.7. The van der Waals surface area contributed by atoms with Crippen molar-refractivity contribution in [2.45, 2.75) is 32.9 Å². The lowest BCUT2D eigenvalue weighted by molar-refractivity contribution is -0.134. The van der Waals surface area contributed by atoms with Crippen LogP contribution in [0, 0.1) is 6.92 Å². The molecule has 170 valence electrons. The Morgan fingerprint density at radius 2 is 2.13 bits per heavy atom. The summed E-state index contributed by atoms with van der Waals surface area (Å²) in [6.45, 7) is 3.76. The molecular weight excluding hydrogens is 435 g/mol. The van der Waals surface area contributed by atoms with Crippen molar-refractivity contribution in [3.63, 3.8) is 0 Å². The van der Waals surface area contributed by atoms with Crippen molar-refractivity contribution < 1.29 is 27.0 Å². The van der Waals surface area contributed by atoms with Gasteiger partial charge in [0.25, 0.3) is 5.91 Å². The van der Waals surface area contributed by atoms with Crippen molar-refractivity contribution in [3.05, 3.63) is 36.4 Å². The van der Waals surface area contributed by atoms with Crippen molar-refractivity contribution in [2.24, 2.45) is 5.16 Å². The number of aryl methyl sites for hydroxylation is 1. The van der Waals surface area contributed by atoms with E-state index in [-0.39, 0.29) is 30.2 Å². The van der Waals surface area contributed by atoms with Gasteiger partial charge in [-0.15, -0.1) is 0 Å².